The van der Waals surface area contributed by atoms with E-state index in [1.807, 2.05) is 0 Å². The average Bonchev–Trinajstić information content (AvgIpc) is 1.76. The van der Waals surface area contributed by atoms with Crippen LogP contribution in [0.15, 0.2) is 85.5 Å². The van der Waals surface area contributed by atoms with Crippen LogP contribution in [-0.2, 0) is 53.3 Å². The van der Waals surface area contributed by atoms with Crippen LogP contribution in [0.25, 0.3) is 21.5 Å². The summed E-state index contributed by atoms with van der Waals surface area (Å²) in [7, 11) is 0. The molecular weight excluding hydrogens is 1130 g/mol. The van der Waals surface area contributed by atoms with Gasteiger partial charge in [0.25, 0.3) is 0 Å². The third-order valence-corrected chi connectivity index (χ3v) is 21.7. The highest BCUT2D eigenvalue weighted by Gasteiger charge is 2.41. The zero-order valence-electron chi connectivity index (χ0n) is 52.1. The summed E-state index contributed by atoms with van der Waals surface area (Å²) >= 11 is 0. The van der Waals surface area contributed by atoms with Gasteiger partial charge in [-0.1, -0.05) is 79.4 Å². The number of anilines is 2. The van der Waals surface area contributed by atoms with Gasteiger partial charge in [0.05, 0.1) is 36.0 Å². The first-order valence-corrected chi connectivity index (χ1v) is 33.7. The highest BCUT2D eigenvalue weighted by atomic mass is 16.5. The number of likely N-dealkylation sites (tertiary alicyclic amines) is 2. The number of rotatable bonds is 13. The van der Waals surface area contributed by atoms with Crippen LogP contribution in [-0.4, -0.2) is 166 Å². The molecule has 8 aliphatic heterocycles. The summed E-state index contributed by atoms with van der Waals surface area (Å²) in [6.45, 7) is 18.0. The van der Waals surface area contributed by atoms with Crippen molar-refractivity contribution in [2.45, 2.75) is 158 Å². The van der Waals surface area contributed by atoms with E-state index in [2.05, 4.69) is 121 Å². The SMILES string of the molecule is C=CC(=O)N1CCN(c2nc(OC3CCN(C4CCOCC4)CC3)nc3c2CN(C2Cc4cccc5cccc2c45)C3)C[C@@H]1CC#N.N#CC[C@@H]1CCCN(c2nc(OC3CCN(C4CCOCC4)CC3)nc3c2CN(C2Cc4cccc5cccc2c45)C3)C1. The van der Waals surface area contributed by atoms with E-state index in [0.717, 1.165) is 198 Å². The Bertz CT molecular complexity index is 3700. The maximum atomic E-state index is 12.7. The van der Waals surface area contributed by atoms with Crippen LogP contribution in [0.4, 0.5) is 11.6 Å². The molecule has 10 heterocycles. The fourth-order valence-corrected chi connectivity index (χ4v) is 17.0. The lowest BCUT2D eigenvalue weighted by Gasteiger charge is -2.41. The fraction of sp³-hybridized carbons (Fsp3) is 0.542. The van der Waals surface area contributed by atoms with Crippen molar-refractivity contribution in [1.29, 1.82) is 10.5 Å². The molecule has 1 amide bonds. The molecule has 10 aliphatic rings. The number of amides is 1. The summed E-state index contributed by atoms with van der Waals surface area (Å²) < 4.78 is 24.4. The van der Waals surface area contributed by atoms with Gasteiger partial charge in [-0.2, -0.15) is 30.5 Å². The first-order valence-electron chi connectivity index (χ1n) is 33.7. The van der Waals surface area contributed by atoms with Gasteiger partial charge in [-0.25, -0.2) is 0 Å². The molecule has 0 N–H and O–H groups in total. The lowest BCUT2D eigenvalue weighted by atomic mass is 9.95. The van der Waals surface area contributed by atoms with Crippen molar-refractivity contribution in [3.63, 3.8) is 0 Å². The van der Waals surface area contributed by atoms with Gasteiger partial charge in [-0.15, -0.1) is 0 Å². The number of piperidine rings is 3. The molecule has 0 saturated carbocycles. The van der Waals surface area contributed by atoms with Gasteiger partial charge in [0.15, 0.2) is 0 Å². The third-order valence-electron chi connectivity index (χ3n) is 21.7. The molecule has 0 bridgehead atoms. The van der Waals surface area contributed by atoms with E-state index in [9.17, 15) is 15.3 Å². The molecule has 4 atom stereocenters. The van der Waals surface area contributed by atoms with E-state index in [0.29, 0.717) is 62.1 Å². The number of fused-ring (bicyclic) bond motifs is 2. The van der Waals surface area contributed by atoms with Crippen LogP contribution in [0, 0.1) is 28.6 Å². The first-order chi connectivity index (χ1) is 44.3. The number of nitrogens with zero attached hydrogens (tertiary/aromatic N) is 13. The second kappa shape index (κ2) is 26.1. The minimum absolute atomic E-state index is 0.0739. The zero-order valence-corrected chi connectivity index (χ0v) is 52.1. The van der Waals surface area contributed by atoms with Crippen LogP contribution in [0.5, 0.6) is 12.0 Å². The van der Waals surface area contributed by atoms with E-state index >= 15 is 0 Å². The summed E-state index contributed by atoms with van der Waals surface area (Å²) in [6, 6.07) is 34.1. The molecule has 2 unspecified atom stereocenters. The van der Waals surface area contributed by atoms with E-state index in [4.69, 9.17) is 38.9 Å². The number of carbonyl (C=O) groups is 1. The molecule has 18 nitrogen and oxygen atoms in total. The molecule has 18 heteroatoms. The Hall–Kier alpha value is -7.29. The lowest BCUT2D eigenvalue weighted by molar-refractivity contribution is -0.128. The minimum atomic E-state index is -0.233. The molecule has 0 radical (unpaired) electrons. The van der Waals surface area contributed by atoms with Gasteiger partial charge in [0.2, 0.25) is 5.91 Å². The second-order valence-electron chi connectivity index (χ2n) is 26.9. The summed E-state index contributed by atoms with van der Waals surface area (Å²) in [5.41, 5.74) is 10.2. The van der Waals surface area contributed by atoms with Crippen molar-refractivity contribution in [2.75, 3.05) is 95.1 Å². The molecule has 16 rings (SSSR count). The summed E-state index contributed by atoms with van der Waals surface area (Å²) in [5.74, 6) is 2.19. The molecule has 0 spiro atoms. The standard InChI is InChI=1S/C37H43N7O3.C35H42N6O2/c1-2-34(45)44-18-17-42(22-28(44)9-14-38)36-31-23-43(33-21-26-7-3-5-25-6-4-8-30(33)35(25)26)24-32(31)39-37(40-36)47-29-10-15-41(16-11-29)27-12-19-46-20-13-27;36-14-9-24-4-3-15-40(21-24)34-30-22-41(32-20-26-7-1-5-25-6-2-8-29(32)33(25)26)23-31(30)37-35(38-34)43-28-10-16-39(17-11-28)27-12-18-42-19-13-27/h2-8,27-29,33H,1,9-13,15-24H2;1-2,5-8,24,27-28,32H,3-4,9-13,15-23H2/t28-,33?;24-,32?/m00/s1. The number of hydrogen-bond acceptors (Lipinski definition) is 17. The van der Waals surface area contributed by atoms with E-state index in [1.54, 1.807) is 4.90 Å². The maximum absolute atomic E-state index is 12.7. The molecule has 2 aliphatic carbocycles. The van der Waals surface area contributed by atoms with Gasteiger partial charge in [0, 0.05) is 153 Å². The smallest absolute Gasteiger partial charge is 0.318 e. The quantitative estimate of drug-likeness (QED) is 0.0998. The molecule has 4 aromatic carbocycles. The highest BCUT2D eigenvalue weighted by molar-refractivity contribution is 5.92. The van der Waals surface area contributed by atoms with Gasteiger partial charge in [-0.3, -0.25) is 24.4 Å². The largest absolute Gasteiger partial charge is 0.460 e. The molecule has 2 aromatic heterocycles. The van der Waals surface area contributed by atoms with Crippen LogP contribution in [0.3, 0.4) is 0 Å². The molecular formula is C72H85N13O5. The second-order valence-corrected chi connectivity index (χ2v) is 26.9. The highest BCUT2D eigenvalue weighted by Crippen LogP contribution is 2.47. The van der Waals surface area contributed by atoms with Gasteiger partial charge < -0.3 is 33.6 Å². The molecule has 90 heavy (non-hydrogen) atoms. The van der Waals surface area contributed by atoms with E-state index in [-0.39, 0.29) is 36.6 Å². The number of carbonyl (C=O) groups excluding carboxylic acids is 1. The zero-order chi connectivity index (χ0) is 60.7. The van der Waals surface area contributed by atoms with Crippen LogP contribution < -0.4 is 19.3 Å². The van der Waals surface area contributed by atoms with Crippen LogP contribution >= 0.6 is 0 Å². The molecule has 6 fully saturated rings. The van der Waals surface area contributed by atoms with Crippen molar-refractivity contribution in [3.8, 4) is 24.2 Å². The third kappa shape index (κ3) is 11.9. The predicted molar refractivity (Wildman–Crippen MR) is 345 cm³/mol. The van der Waals surface area contributed by atoms with E-state index < -0.39 is 0 Å². The Labute approximate surface area is 529 Å². The number of ether oxygens (including phenoxy) is 4. The fourth-order valence-electron chi connectivity index (χ4n) is 17.0. The van der Waals surface area contributed by atoms with Gasteiger partial charge >= 0.3 is 12.0 Å². The summed E-state index contributed by atoms with van der Waals surface area (Å²) in [6.07, 6.45) is 15.1. The summed E-state index contributed by atoms with van der Waals surface area (Å²) in [5, 5.41) is 24.5. The number of aromatic nitrogens is 4. The van der Waals surface area contributed by atoms with Gasteiger partial charge in [-0.05, 0) is 133 Å². The average molecular weight is 1210 g/mol. The maximum Gasteiger partial charge on any atom is 0.318 e. The van der Waals surface area contributed by atoms with Crippen molar-refractivity contribution in [2.24, 2.45) is 5.92 Å². The normalized spacial score (nSPS) is 24.6. The van der Waals surface area contributed by atoms with Crippen molar-refractivity contribution in [3.05, 3.63) is 130 Å². The number of piperazine rings is 1. The Kier molecular flexibility index (Phi) is 17.1. The lowest BCUT2D eigenvalue weighted by Crippen LogP contribution is -2.55. The Morgan fingerprint density at radius 1 is 0.556 bits per heavy atom. The number of benzene rings is 4. The molecule has 6 saturated heterocycles. The van der Waals surface area contributed by atoms with Crippen LogP contribution in [0.2, 0.25) is 0 Å². The van der Waals surface area contributed by atoms with Crippen molar-refractivity contribution in [1.82, 2.24) is 44.4 Å². The first kappa shape index (κ1) is 59.0. The number of nitriles is 2. The Morgan fingerprint density at radius 2 is 1.04 bits per heavy atom. The molecule has 6 aromatic rings. The van der Waals surface area contributed by atoms with E-state index in [1.165, 1.54) is 55.4 Å². The topological polar surface area (TPSA) is 176 Å². The van der Waals surface area contributed by atoms with Crippen molar-refractivity contribution >= 4 is 39.1 Å². The van der Waals surface area contributed by atoms with Crippen molar-refractivity contribution < 1.29 is 23.7 Å². The monoisotopic (exact) mass is 1210 g/mol. The van der Waals surface area contributed by atoms with Crippen LogP contribution in [0.1, 0.15) is 134 Å². The minimum Gasteiger partial charge on any atom is -0.460 e. The Morgan fingerprint density at radius 3 is 1.53 bits per heavy atom. The van der Waals surface area contributed by atoms with Gasteiger partial charge in [0.1, 0.15) is 23.8 Å². The Balaban J connectivity index is 0.000000151. The number of hydrogen-bond donors (Lipinski definition) is 0. The predicted octanol–water partition coefficient (Wildman–Crippen LogP) is 9.78. The molecule has 468 valence electrons. The summed E-state index contributed by atoms with van der Waals surface area (Å²) in [4.78, 5) is 50.0.